The van der Waals surface area contributed by atoms with Crippen LogP contribution < -0.4 is 21.5 Å². The van der Waals surface area contributed by atoms with E-state index in [1.54, 1.807) is 13.1 Å². The summed E-state index contributed by atoms with van der Waals surface area (Å²) in [5.41, 5.74) is -0.603. The molecule has 3 heterocycles. The summed E-state index contributed by atoms with van der Waals surface area (Å²) in [5.74, 6) is 0.105. The molecule has 1 fully saturated rings. The van der Waals surface area contributed by atoms with Crippen LogP contribution in [0.4, 0.5) is 5.69 Å². The Morgan fingerprint density at radius 2 is 2.16 bits per heavy atom. The van der Waals surface area contributed by atoms with Gasteiger partial charge in [0.1, 0.15) is 22.9 Å². The minimum atomic E-state index is -0.738. The normalized spacial score (nSPS) is 19.1. The highest BCUT2D eigenvalue weighted by atomic mass is 35.5. The van der Waals surface area contributed by atoms with Crippen LogP contribution in [0.1, 0.15) is 23.3 Å². The highest BCUT2D eigenvalue weighted by molar-refractivity contribution is 6.34. The molecule has 0 unspecified atom stereocenters. The molecule has 25 heavy (non-hydrogen) atoms. The molecule has 0 bridgehead atoms. The first-order valence-electron chi connectivity index (χ1n) is 7.88. The maximum Gasteiger partial charge on any atom is 0.276 e. The average Bonchev–Trinajstić information content (AvgIpc) is 2.88. The topological polar surface area (TPSA) is 99.9 Å². The molecule has 1 spiro atoms. The molecule has 0 aromatic carbocycles. The summed E-state index contributed by atoms with van der Waals surface area (Å²) in [6, 6.07) is 1.45. The monoisotopic (exact) mass is 362 g/mol. The van der Waals surface area contributed by atoms with Crippen molar-refractivity contribution in [2.45, 2.75) is 18.5 Å². The number of aliphatic imine (C=N–C) groups is 2. The highest BCUT2D eigenvalue weighted by Crippen LogP contribution is 2.33. The molecule has 132 valence electrons. The molecule has 3 rings (SSSR count). The van der Waals surface area contributed by atoms with E-state index in [0.717, 1.165) is 0 Å². The van der Waals surface area contributed by atoms with Crippen molar-refractivity contribution in [2.75, 3.05) is 25.5 Å². The van der Waals surface area contributed by atoms with Crippen molar-refractivity contribution in [2.24, 2.45) is 9.98 Å². The summed E-state index contributed by atoms with van der Waals surface area (Å²) >= 11 is 6.31. The number of aromatic nitrogens is 1. The number of rotatable bonds is 3. The average molecular weight is 363 g/mol. The third kappa shape index (κ3) is 2.98. The zero-order valence-corrected chi connectivity index (χ0v) is 14.6. The Hall–Kier alpha value is -2.45. The van der Waals surface area contributed by atoms with E-state index < -0.39 is 5.66 Å². The van der Waals surface area contributed by atoms with Gasteiger partial charge in [0.2, 0.25) is 0 Å². The molecule has 1 amide bonds. The van der Waals surface area contributed by atoms with E-state index >= 15 is 0 Å². The van der Waals surface area contributed by atoms with Crippen molar-refractivity contribution in [3.63, 3.8) is 0 Å². The third-order valence-corrected chi connectivity index (χ3v) is 4.70. The smallest absolute Gasteiger partial charge is 0.276 e. The summed E-state index contributed by atoms with van der Waals surface area (Å²) in [7, 11) is 1.59. The molecule has 0 aliphatic carbocycles. The number of nitrogens with one attached hydrogen (secondary N) is 3. The molecule has 0 saturated carbocycles. The van der Waals surface area contributed by atoms with Crippen LogP contribution >= 0.6 is 11.6 Å². The fourth-order valence-electron chi connectivity index (χ4n) is 3.24. The Balaban J connectivity index is 2.10. The van der Waals surface area contributed by atoms with Gasteiger partial charge in [-0.1, -0.05) is 11.6 Å². The van der Waals surface area contributed by atoms with Crippen molar-refractivity contribution in [1.82, 2.24) is 15.2 Å². The first kappa shape index (κ1) is 17.4. The second-order valence-electron chi connectivity index (χ2n) is 5.86. The summed E-state index contributed by atoms with van der Waals surface area (Å²) in [6.07, 6.45) is 4.27. The number of anilines is 1. The van der Waals surface area contributed by atoms with E-state index in [1.165, 1.54) is 16.8 Å². The lowest BCUT2D eigenvalue weighted by Crippen LogP contribution is -2.53. The van der Waals surface area contributed by atoms with Gasteiger partial charge >= 0.3 is 0 Å². The largest absolute Gasteiger partial charge is 0.336 e. The van der Waals surface area contributed by atoms with Gasteiger partial charge in [-0.3, -0.25) is 24.1 Å². The van der Waals surface area contributed by atoms with Crippen molar-refractivity contribution in [3.05, 3.63) is 39.4 Å². The number of piperidine rings is 1. The van der Waals surface area contributed by atoms with Crippen molar-refractivity contribution in [1.29, 1.82) is 0 Å². The highest BCUT2D eigenvalue weighted by Gasteiger charge is 2.45. The number of nitrogens with zero attached hydrogens (tertiary/aromatic N) is 3. The van der Waals surface area contributed by atoms with Crippen LogP contribution in [0.3, 0.4) is 0 Å². The third-order valence-electron chi connectivity index (χ3n) is 4.42. The number of pyridine rings is 1. The molecule has 8 nitrogen and oxygen atoms in total. The Labute approximate surface area is 149 Å². The van der Waals surface area contributed by atoms with Crippen LogP contribution in [-0.4, -0.2) is 43.2 Å². The van der Waals surface area contributed by atoms with Gasteiger partial charge in [-0.2, -0.15) is 0 Å². The number of halogens is 1. The molecular weight excluding hydrogens is 344 g/mol. The minimum absolute atomic E-state index is 0.206. The van der Waals surface area contributed by atoms with Crippen LogP contribution in [0.5, 0.6) is 0 Å². The number of hydrogen-bond donors (Lipinski definition) is 3. The minimum Gasteiger partial charge on any atom is -0.336 e. The Morgan fingerprint density at radius 1 is 1.44 bits per heavy atom. The number of fused-ring (bicyclic) bond motifs is 2. The summed E-state index contributed by atoms with van der Waals surface area (Å²) in [5, 5.41) is 9.35. The Morgan fingerprint density at radius 3 is 2.80 bits per heavy atom. The van der Waals surface area contributed by atoms with Gasteiger partial charge in [0.05, 0.1) is 5.02 Å². The predicted molar refractivity (Wildman–Crippen MR) is 98.9 cm³/mol. The molecule has 0 radical (unpaired) electrons. The van der Waals surface area contributed by atoms with Gasteiger partial charge in [0.25, 0.3) is 11.5 Å². The van der Waals surface area contributed by atoms with Crippen LogP contribution in [-0.2, 0) is 5.66 Å². The number of hydrogen-bond acceptors (Lipinski definition) is 5. The zero-order valence-electron chi connectivity index (χ0n) is 13.8. The maximum absolute atomic E-state index is 13.1. The number of carbonyl (C=O) groups excluding carboxylic acids is 1. The fraction of sp³-hybridized carbons (Fsp3) is 0.375. The second kappa shape index (κ2) is 6.81. The molecule has 9 heteroatoms. The van der Waals surface area contributed by atoms with Gasteiger partial charge in [-0.15, -0.1) is 0 Å². The molecule has 2 aliphatic rings. The summed E-state index contributed by atoms with van der Waals surface area (Å²) in [4.78, 5) is 33.1. The SMILES string of the molecule is C=N/C=C\C(=N/C)Nc1cc(Cl)c2n(c1=O)C1(CCNCC1)NC2=O. The van der Waals surface area contributed by atoms with E-state index in [2.05, 4.69) is 32.7 Å². The molecule has 0 atom stereocenters. The Bertz CT molecular complexity index is 836. The molecule has 2 aliphatic heterocycles. The lowest BCUT2D eigenvalue weighted by Gasteiger charge is -2.35. The zero-order chi connectivity index (χ0) is 18.0. The quantitative estimate of drug-likeness (QED) is 0.550. The van der Waals surface area contributed by atoms with Crippen LogP contribution in [0, 0.1) is 0 Å². The van der Waals surface area contributed by atoms with Crippen LogP contribution in [0.2, 0.25) is 5.02 Å². The lowest BCUT2D eigenvalue weighted by molar-refractivity contribution is 0.0886. The van der Waals surface area contributed by atoms with Gasteiger partial charge in [-0.25, -0.2) is 0 Å². The lowest BCUT2D eigenvalue weighted by atomic mass is 9.98. The van der Waals surface area contributed by atoms with E-state index in [4.69, 9.17) is 11.6 Å². The fourth-order valence-corrected chi connectivity index (χ4v) is 3.52. The van der Waals surface area contributed by atoms with E-state index in [-0.39, 0.29) is 27.9 Å². The van der Waals surface area contributed by atoms with Crippen molar-refractivity contribution in [3.8, 4) is 0 Å². The molecule has 3 N–H and O–H groups in total. The van der Waals surface area contributed by atoms with Gasteiger partial charge < -0.3 is 16.0 Å². The van der Waals surface area contributed by atoms with Crippen LogP contribution in [0.15, 0.2) is 33.1 Å². The van der Waals surface area contributed by atoms with Crippen molar-refractivity contribution >= 4 is 35.7 Å². The first-order chi connectivity index (χ1) is 12.0. The van der Waals surface area contributed by atoms with E-state index in [1.807, 2.05) is 0 Å². The summed E-state index contributed by atoms with van der Waals surface area (Å²) < 4.78 is 1.49. The molecule has 1 aromatic heterocycles. The van der Waals surface area contributed by atoms with Gasteiger partial charge in [0, 0.05) is 26.1 Å². The van der Waals surface area contributed by atoms with Crippen molar-refractivity contribution < 1.29 is 4.79 Å². The summed E-state index contributed by atoms with van der Waals surface area (Å²) in [6.45, 7) is 4.77. The Kier molecular flexibility index (Phi) is 4.73. The number of amides is 1. The van der Waals surface area contributed by atoms with Crippen LogP contribution in [0.25, 0.3) is 0 Å². The first-order valence-corrected chi connectivity index (χ1v) is 8.25. The molecular formula is C16H19ClN6O2. The second-order valence-corrected chi connectivity index (χ2v) is 6.27. The van der Waals surface area contributed by atoms with E-state index in [9.17, 15) is 9.59 Å². The number of carbonyl (C=O) groups is 1. The van der Waals surface area contributed by atoms with Gasteiger partial charge in [-0.05, 0) is 31.9 Å². The predicted octanol–water partition coefficient (Wildman–Crippen LogP) is 0.936. The molecule has 1 aromatic rings. The molecule has 1 saturated heterocycles. The van der Waals surface area contributed by atoms with Gasteiger partial charge in [0.15, 0.2) is 0 Å². The maximum atomic E-state index is 13.1. The van der Waals surface area contributed by atoms with E-state index in [0.29, 0.717) is 31.8 Å². The number of amidine groups is 1. The standard InChI is InChI=1S/C16H19ClN6O2/c1-18-6-3-12(19-2)21-11-9-10(17)13-14(24)22-16(23(13)15(11)25)4-7-20-8-5-16/h3,6,9,20H,1,4-5,7-8H2,2H3,(H,19,21)(H,22,24)/b6-3-.